The van der Waals surface area contributed by atoms with Crippen LogP contribution in [0.1, 0.15) is 23.9 Å². The Morgan fingerprint density at radius 2 is 1.74 bits per heavy atom. The number of anilines is 1. The Bertz CT molecular complexity index is 1590. The van der Waals surface area contributed by atoms with E-state index in [2.05, 4.69) is 15.0 Å². The molecule has 0 spiro atoms. The summed E-state index contributed by atoms with van der Waals surface area (Å²) < 4.78 is 71.8. The van der Waals surface area contributed by atoms with Crippen molar-refractivity contribution in [2.24, 2.45) is 0 Å². The van der Waals surface area contributed by atoms with Crippen LogP contribution in [-0.4, -0.2) is 33.4 Å². The Balaban J connectivity index is 1.51. The van der Waals surface area contributed by atoms with Crippen LogP contribution < -0.4 is 15.6 Å². The lowest BCUT2D eigenvalue weighted by molar-refractivity contribution is -0.274. The van der Waals surface area contributed by atoms with Crippen LogP contribution in [-0.2, 0) is 13.0 Å². The lowest BCUT2D eigenvalue weighted by Crippen LogP contribution is -2.39. The number of carbonyl (C=O) groups excluding carboxylic acids is 1. The number of nitrogens with zero attached hydrogens (tertiary/aromatic N) is 3. The third-order valence-corrected chi connectivity index (χ3v) is 6.43. The van der Waals surface area contributed by atoms with Gasteiger partial charge in [0.15, 0.2) is 17.4 Å². The van der Waals surface area contributed by atoms with Crippen LogP contribution in [0.25, 0.3) is 10.9 Å². The van der Waals surface area contributed by atoms with E-state index >= 15 is 0 Å². The van der Waals surface area contributed by atoms with E-state index in [0.29, 0.717) is 6.42 Å². The van der Waals surface area contributed by atoms with Crippen molar-refractivity contribution in [2.45, 2.75) is 31.8 Å². The highest BCUT2D eigenvalue weighted by molar-refractivity contribution is 5.91. The second-order valence-electron chi connectivity index (χ2n) is 8.92. The van der Waals surface area contributed by atoms with Gasteiger partial charge in [-0.2, -0.15) is 0 Å². The number of para-hydroxylation sites is 2. The van der Waals surface area contributed by atoms with Gasteiger partial charge in [0.25, 0.3) is 5.56 Å². The van der Waals surface area contributed by atoms with Crippen molar-refractivity contribution < 1.29 is 31.5 Å². The summed E-state index contributed by atoms with van der Waals surface area (Å²) in [5.41, 5.74) is 0.0487. The maximum Gasteiger partial charge on any atom is 0.573 e. The fraction of sp³-hybridized carbons (Fsp3) is 0.222. The monoisotopic (exact) mass is 544 g/mol. The van der Waals surface area contributed by atoms with Crippen LogP contribution in [0.15, 0.2) is 71.5 Å². The Hall–Kier alpha value is -4.48. The standard InChI is InChI=1S/C27H21F5N4O3/c28-18-14-17-21(15-19(18)29)33-24-22(11-13-36(24)25(17)37)35(12-10-16-6-2-1-3-7-16)26(38)34-20-8-4-5-9-23(20)39-27(30,31)32/h1-9,14-15,22H,10-13H2,(H,34,38). The van der Waals surface area contributed by atoms with Crippen molar-refractivity contribution in [1.29, 1.82) is 0 Å². The van der Waals surface area contributed by atoms with E-state index in [1.54, 1.807) is 0 Å². The highest BCUT2D eigenvalue weighted by atomic mass is 19.4. The summed E-state index contributed by atoms with van der Waals surface area (Å²) in [7, 11) is 0. The van der Waals surface area contributed by atoms with Gasteiger partial charge in [0.1, 0.15) is 5.82 Å². The number of benzene rings is 3. The largest absolute Gasteiger partial charge is 0.573 e. The minimum absolute atomic E-state index is 0.0654. The van der Waals surface area contributed by atoms with Gasteiger partial charge < -0.3 is 15.0 Å². The van der Waals surface area contributed by atoms with Crippen molar-refractivity contribution in [3.63, 3.8) is 0 Å². The Kier molecular flexibility index (Phi) is 6.94. The normalized spacial score (nSPS) is 14.7. The Morgan fingerprint density at radius 3 is 2.49 bits per heavy atom. The Morgan fingerprint density at radius 1 is 1.05 bits per heavy atom. The molecule has 0 fully saturated rings. The van der Waals surface area contributed by atoms with Crippen LogP contribution in [0.2, 0.25) is 0 Å². The molecule has 0 saturated carbocycles. The molecule has 39 heavy (non-hydrogen) atoms. The minimum atomic E-state index is -4.97. The lowest BCUT2D eigenvalue weighted by Gasteiger charge is -2.29. The number of urea groups is 1. The number of fused-ring (bicyclic) bond motifs is 2. The molecule has 1 N–H and O–H groups in total. The second kappa shape index (κ2) is 10.4. The molecule has 0 aliphatic carbocycles. The first kappa shape index (κ1) is 26.1. The molecule has 4 aromatic rings. The van der Waals surface area contributed by atoms with Gasteiger partial charge in [0.2, 0.25) is 0 Å². The number of hydrogen-bond donors (Lipinski definition) is 1. The van der Waals surface area contributed by atoms with Gasteiger partial charge >= 0.3 is 12.4 Å². The van der Waals surface area contributed by atoms with Gasteiger partial charge in [-0.3, -0.25) is 9.36 Å². The molecule has 202 valence electrons. The number of halogens is 5. The van der Waals surface area contributed by atoms with Gasteiger partial charge in [0.05, 0.1) is 22.6 Å². The molecule has 1 unspecified atom stereocenters. The van der Waals surface area contributed by atoms with E-state index < -0.39 is 41.4 Å². The first-order valence-corrected chi connectivity index (χ1v) is 12.0. The summed E-state index contributed by atoms with van der Waals surface area (Å²) in [5.74, 6) is -2.78. The van der Waals surface area contributed by atoms with E-state index in [-0.39, 0.29) is 41.9 Å². The zero-order chi connectivity index (χ0) is 27.7. The zero-order valence-corrected chi connectivity index (χ0v) is 20.2. The number of nitrogens with one attached hydrogen (secondary N) is 1. The number of aromatic nitrogens is 2. The molecule has 12 heteroatoms. The molecular formula is C27H21F5N4O3. The van der Waals surface area contributed by atoms with Crippen molar-refractivity contribution in [1.82, 2.24) is 14.5 Å². The van der Waals surface area contributed by atoms with E-state index in [1.165, 1.54) is 27.7 Å². The van der Waals surface area contributed by atoms with E-state index in [9.17, 15) is 31.5 Å². The van der Waals surface area contributed by atoms with Crippen LogP contribution >= 0.6 is 0 Å². The van der Waals surface area contributed by atoms with Gasteiger partial charge in [-0.25, -0.2) is 18.6 Å². The molecule has 1 aliphatic heterocycles. The predicted octanol–water partition coefficient (Wildman–Crippen LogP) is 5.79. The molecule has 2 amide bonds. The molecule has 0 saturated heterocycles. The highest BCUT2D eigenvalue weighted by Gasteiger charge is 2.35. The van der Waals surface area contributed by atoms with Gasteiger partial charge in [0, 0.05) is 19.2 Å². The van der Waals surface area contributed by atoms with Crippen LogP contribution in [0.4, 0.5) is 32.4 Å². The lowest BCUT2D eigenvalue weighted by atomic mass is 10.1. The topological polar surface area (TPSA) is 76.5 Å². The van der Waals surface area contributed by atoms with E-state index in [0.717, 1.165) is 23.8 Å². The first-order valence-electron chi connectivity index (χ1n) is 12.0. The highest BCUT2D eigenvalue weighted by Crippen LogP contribution is 2.33. The predicted molar refractivity (Wildman–Crippen MR) is 132 cm³/mol. The Labute approximate surface area is 218 Å². The van der Waals surface area contributed by atoms with E-state index in [1.807, 2.05) is 30.3 Å². The quantitative estimate of drug-likeness (QED) is 0.312. The number of ether oxygens (including phenoxy) is 1. The van der Waals surface area contributed by atoms with Crippen LogP contribution in [0, 0.1) is 11.6 Å². The molecule has 2 heterocycles. The number of alkyl halides is 3. The summed E-state index contributed by atoms with van der Waals surface area (Å²) in [5, 5.41) is 2.38. The van der Waals surface area contributed by atoms with Crippen molar-refractivity contribution in [3.8, 4) is 5.75 Å². The SMILES string of the molecule is O=C(Nc1ccccc1OC(F)(F)F)N(CCc1ccccc1)C1CCn2c1nc1cc(F)c(F)cc1c2=O. The fourth-order valence-corrected chi connectivity index (χ4v) is 4.64. The van der Waals surface area contributed by atoms with Gasteiger partial charge in [-0.05, 0) is 36.6 Å². The average Bonchev–Trinajstić information content (AvgIpc) is 3.30. The zero-order valence-electron chi connectivity index (χ0n) is 20.2. The molecule has 3 aromatic carbocycles. The summed E-state index contributed by atoms with van der Waals surface area (Å²) >= 11 is 0. The van der Waals surface area contributed by atoms with E-state index in [4.69, 9.17) is 0 Å². The van der Waals surface area contributed by atoms with Gasteiger partial charge in [-0.15, -0.1) is 13.2 Å². The number of hydrogen-bond acceptors (Lipinski definition) is 4. The van der Waals surface area contributed by atoms with Crippen molar-refractivity contribution in [2.75, 3.05) is 11.9 Å². The third-order valence-electron chi connectivity index (χ3n) is 6.43. The smallest absolute Gasteiger partial charge is 0.404 e. The molecular weight excluding hydrogens is 523 g/mol. The van der Waals surface area contributed by atoms with Crippen LogP contribution in [0.3, 0.4) is 0 Å². The fourth-order valence-electron chi connectivity index (χ4n) is 4.64. The number of carbonyl (C=O) groups is 1. The maximum atomic E-state index is 13.9. The number of rotatable bonds is 6. The number of amides is 2. The van der Waals surface area contributed by atoms with Gasteiger partial charge in [-0.1, -0.05) is 42.5 Å². The summed E-state index contributed by atoms with van der Waals surface area (Å²) in [6.07, 6.45) is -4.32. The molecule has 0 radical (unpaired) electrons. The summed E-state index contributed by atoms with van der Waals surface area (Å²) in [6.45, 7) is 0.276. The molecule has 5 rings (SSSR count). The molecule has 1 atom stereocenters. The molecule has 1 aliphatic rings. The van der Waals surface area contributed by atoms with Crippen molar-refractivity contribution in [3.05, 3.63) is 100 Å². The molecule has 1 aromatic heterocycles. The third kappa shape index (κ3) is 5.54. The second-order valence-corrected chi connectivity index (χ2v) is 8.92. The first-order chi connectivity index (χ1) is 18.6. The average molecular weight is 544 g/mol. The molecule has 7 nitrogen and oxygen atoms in total. The van der Waals surface area contributed by atoms with Crippen molar-refractivity contribution >= 4 is 22.6 Å². The maximum absolute atomic E-state index is 13.9. The summed E-state index contributed by atoms with van der Waals surface area (Å²) in [6, 6.07) is 14.4. The van der Waals surface area contributed by atoms with Crippen LogP contribution in [0.5, 0.6) is 5.75 Å². The summed E-state index contributed by atoms with van der Waals surface area (Å²) in [4.78, 5) is 32.4. The molecule has 0 bridgehead atoms. The minimum Gasteiger partial charge on any atom is -0.404 e.